The first-order valence-corrected chi connectivity index (χ1v) is 6.40. The fraction of sp³-hybridized carbons (Fsp3) is 0.846. The second kappa shape index (κ2) is 4.63. The van der Waals surface area contributed by atoms with Crippen LogP contribution in [-0.4, -0.2) is 16.9 Å². The van der Waals surface area contributed by atoms with Crippen LogP contribution in [0.4, 0.5) is 13.2 Å². The van der Waals surface area contributed by atoms with E-state index in [9.17, 15) is 18.3 Å². The lowest BCUT2D eigenvalue weighted by Gasteiger charge is -2.40. The van der Waals surface area contributed by atoms with Gasteiger partial charge < -0.3 is 5.11 Å². The normalized spacial score (nSPS) is 35.5. The molecule has 0 radical (unpaired) electrons. The van der Waals surface area contributed by atoms with Gasteiger partial charge in [-0.1, -0.05) is 6.08 Å². The molecule has 0 spiro atoms. The predicted molar refractivity (Wildman–Crippen MR) is 59.5 cm³/mol. The van der Waals surface area contributed by atoms with Crippen LogP contribution in [0.15, 0.2) is 11.6 Å². The predicted octanol–water partition coefficient (Wildman–Crippen LogP) is 3.97. The Labute approximate surface area is 99.7 Å². The lowest BCUT2D eigenvalue weighted by molar-refractivity contribution is -0.196. The number of rotatable bonds is 1. The lowest BCUT2D eigenvalue weighted by atomic mass is 9.71. The molecule has 2 atom stereocenters. The van der Waals surface area contributed by atoms with E-state index in [4.69, 9.17) is 0 Å². The van der Waals surface area contributed by atoms with Gasteiger partial charge in [-0.3, -0.25) is 0 Å². The Hall–Kier alpha value is -0.510. The van der Waals surface area contributed by atoms with Gasteiger partial charge in [0, 0.05) is 0 Å². The summed E-state index contributed by atoms with van der Waals surface area (Å²) in [5.41, 5.74) is -0.323. The first-order chi connectivity index (χ1) is 7.92. The molecule has 1 fully saturated rings. The van der Waals surface area contributed by atoms with E-state index in [-0.39, 0.29) is 12.8 Å². The van der Waals surface area contributed by atoms with E-state index in [0.29, 0.717) is 12.8 Å². The minimum Gasteiger partial charge on any atom is -0.386 e. The van der Waals surface area contributed by atoms with Crippen LogP contribution in [0.1, 0.15) is 51.4 Å². The third-order valence-corrected chi connectivity index (χ3v) is 4.08. The Morgan fingerprint density at radius 2 is 2.00 bits per heavy atom. The first kappa shape index (κ1) is 12.9. The highest BCUT2D eigenvalue weighted by atomic mass is 19.4. The summed E-state index contributed by atoms with van der Waals surface area (Å²) in [4.78, 5) is 0. The van der Waals surface area contributed by atoms with Gasteiger partial charge >= 0.3 is 6.18 Å². The summed E-state index contributed by atoms with van der Waals surface area (Å²) in [5, 5.41) is 10.5. The van der Waals surface area contributed by atoms with E-state index in [2.05, 4.69) is 0 Å². The Kier molecular flexibility index (Phi) is 3.53. The van der Waals surface area contributed by atoms with Crippen molar-refractivity contribution in [3.8, 4) is 0 Å². The van der Waals surface area contributed by atoms with Crippen LogP contribution in [-0.2, 0) is 0 Å². The van der Waals surface area contributed by atoms with Gasteiger partial charge in [-0.15, -0.1) is 0 Å². The van der Waals surface area contributed by atoms with Gasteiger partial charge in [-0.2, -0.15) is 13.2 Å². The summed E-state index contributed by atoms with van der Waals surface area (Å²) >= 11 is 0. The maximum Gasteiger partial charge on any atom is 0.391 e. The SMILES string of the molecule is OC1(C2=CCCCC2)CCCC(C(F)(F)F)C1. The molecule has 1 N–H and O–H groups in total. The minimum absolute atomic E-state index is 0.137. The number of aliphatic hydroxyl groups is 1. The molecule has 2 aliphatic rings. The smallest absolute Gasteiger partial charge is 0.386 e. The molecule has 0 aromatic carbocycles. The quantitative estimate of drug-likeness (QED) is 0.696. The van der Waals surface area contributed by atoms with Crippen LogP contribution in [0.2, 0.25) is 0 Å². The van der Waals surface area contributed by atoms with E-state index in [0.717, 1.165) is 31.3 Å². The van der Waals surface area contributed by atoms with E-state index >= 15 is 0 Å². The monoisotopic (exact) mass is 248 g/mol. The fourth-order valence-electron chi connectivity index (χ4n) is 3.08. The molecular weight excluding hydrogens is 229 g/mol. The number of halogens is 3. The summed E-state index contributed by atoms with van der Waals surface area (Å²) in [6.07, 6.45) is 2.53. The summed E-state index contributed by atoms with van der Waals surface area (Å²) in [6, 6.07) is 0. The van der Waals surface area contributed by atoms with Gasteiger partial charge in [0.2, 0.25) is 0 Å². The molecule has 4 heteroatoms. The number of hydrogen-bond donors (Lipinski definition) is 1. The van der Waals surface area contributed by atoms with Gasteiger partial charge in [0.25, 0.3) is 0 Å². The molecule has 98 valence electrons. The second-order valence-electron chi connectivity index (χ2n) is 5.34. The highest BCUT2D eigenvalue weighted by Gasteiger charge is 2.48. The first-order valence-electron chi connectivity index (χ1n) is 6.40. The van der Waals surface area contributed by atoms with Crippen LogP contribution in [0.5, 0.6) is 0 Å². The molecule has 17 heavy (non-hydrogen) atoms. The molecule has 2 unspecified atom stereocenters. The zero-order valence-corrected chi connectivity index (χ0v) is 9.89. The van der Waals surface area contributed by atoms with Crippen LogP contribution in [0.3, 0.4) is 0 Å². The molecule has 1 nitrogen and oxygen atoms in total. The van der Waals surface area contributed by atoms with E-state index < -0.39 is 17.7 Å². The Balaban J connectivity index is 2.12. The van der Waals surface area contributed by atoms with Crippen molar-refractivity contribution in [2.75, 3.05) is 0 Å². The largest absolute Gasteiger partial charge is 0.391 e. The van der Waals surface area contributed by atoms with Crippen LogP contribution in [0, 0.1) is 5.92 Å². The van der Waals surface area contributed by atoms with E-state index in [1.165, 1.54) is 0 Å². The molecule has 0 aromatic heterocycles. The summed E-state index contributed by atoms with van der Waals surface area (Å²) in [5.74, 6) is -1.33. The number of allylic oxidation sites excluding steroid dienone is 1. The van der Waals surface area contributed by atoms with Crippen LogP contribution in [0.25, 0.3) is 0 Å². The molecular formula is C13H19F3O. The van der Waals surface area contributed by atoms with Gasteiger partial charge in [-0.05, 0) is 56.9 Å². The van der Waals surface area contributed by atoms with Crippen LogP contribution >= 0.6 is 0 Å². The van der Waals surface area contributed by atoms with Crippen molar-refractivity contribution in [1.29, 1.82) is 0 Å². The molecule has 2 rings (SSSR count). The van der Waals surface area contributed by atoms with Crippen molar-refractivity contribution in [2.24, 2.45) is 5.92 Å². The van der Waals surface area contributed by atoms with Crippen molar-refractivity contribution in [3.05, 3.63) is 11.6 Å². The maximum atomic E-state index is 12.7. The van der Waals surface area contributed by atoms with Crippen molar-refractivity contribution in [2.45, 2.75) is 63.1 Å². The summed E-state index contributed by atoms with van der Waals surface area (Å²) in [7, 11) is 0. The number of hydrogen-bond acceptors (Lipinski definition) is 1. The molecule has 0 aromatic rings. The van der Waals surface area contributed by atoms with Gasteiger partial charge in [0.05, 0.1) is 11.5 Å². The average Bonchev–Trinajstić information content (AvgIpc) is 2.29. The number of alkyl halides is 3. The minimum atomic E-state index is -4.16. The Morgan fingerprint density at radius 3 is 2.59 bits per heavy atom. The molecule has 0 bridgehead atoms. The molecule has 0 amide bonds. The van der Waals surface area contributed by atoms with Gasteiger partial charge in [0.1, 0.15) is 0 Å². The highest BCUT2D eigenvalue weighted by molar-refractivity contribution is 5.20. The standard InChI is InChI=1S/C13H19F3O/c14-13(15,16)11-7-4-8-12(17,9-11)10-5-2-1-3-6-10/h5,11,17H,1-4,6-9H2. The average molecular weight is 248 g/mol. The van der Waals surface area contributed by atoms with E-state index in [1.807, 2.05) is 6.08 Å². The third kappa shape index (κ3) is 2.84. The summed E-state index contributed by atoms with van der Waals surface area (Å²) < 4.78 is 38.2. The Morgan fingerprint density at radius 1 is 1.24 bits per heavy atom. The summed E-state index contributed by atoms with van der Waals surface area (Å²) in [6.45, 7) is 0. The zero-order chi connectivity index (χ0) is 12.5. The molecule has 0 saturated heterocycles. The maximum absolute atomic E-state index is 12.7. The van der Waals surface area contributed by atoms with Crippen LogP contribution < -0.4 is 0 Å². The van der Waals surface area contributed by atoms with Crippen molar-refractivity contribution < 1.29 is 18.3 Å². The lowest BCUT2D eigenvalue weighted by Crippen LogP contribution is -2.42. The second-order valence-corrected chi connectivity index (χ2v) is 5.34. The third-order valence-electron chi connectivity index (χ3n) is 4.08. The molecule has 0 aliphatic heterocycles. The van der Waals surface area contributed by atoms with Crippen molar-refractivity contribution >= 4 is 0 Å². The van der Waals surface area contributed by atoms with Crippen molar-refractivity contribution in [1.82, 2.24) is 0 Å². The molecule has 0 heterocycles. The van der Waals surface area contributed by atoms with Gasteiger partial charge in [-0.25, -0.2) is 0 Å². The fourth-order valence-corrected chi connectivity index (χ4v) is 3.08. The van der Waals surface area contributed by atoms with Gasteiger partial charge in [0.15, 0.2) is 0 Å². The molecule has 1 saturated carbocycles. The van der Waals surface area contributed by atoms with Crippen molar-refractivity contribution in [3.63, 3.8) is 0 Å². The van der Waals surface area contributed by atoms with E-state index in [1.54, 1.807) is 0 Å². The Bertz CT molecular complexity index is 308. The topological polar surface area (TPSA) is 20.2 Å². The zero-order valence-electron chi connectivity index (χ0n) is 9.89. The molecule has 2 aliphatic carbocycles. The highest BCUT2D eigenvalue weighted by Crippen LogP contribution is 2.46.